The largest absolute Gasteiger partial charge is 0.340 e. The molecule has 0 atom stereocenters. The average molecular weight is 386 g/mol. The van der Waals surface area contributed by atoms with Crippen LogP contribution in [0.25, 0.3) is 16.0 Å². The van der Waals surface area contributed by atoms with Crippen molar-refractivity contribution >= 4 is 57.2 Å². The van der Waals surface area contributed by atoms with Crippen LogP contribution in [-0.4, -0.2) is 33.8 Å². The summed E-state index contributed by atoms with van der Waals surface area (Å²) in [6, 6.07) is 6.00. The molecule has 0 radical (unpaired) electrons. The van der Waals surface area contributed by atoms with Crippen molar-refractivity contribution in [1.29, 1.82) is 0 Å². The van der Waals surface area contributed by atoms with Gasteiger partial charge < -0.3 is 4.90 Å². The second-order valence-electron chi connectivity index (χ2n) is 7.04. The molecule has 2 heterocycles. The van der Waals surface area contributed by atoms with E-state index in [1.54, 1.807) is 4.90 Å². The number of alkyl halides is 1. The molecule has 0 fully saturated rings. The van der Waals surface area contributed by atoms with Crippen LogP contribution >= 0.6 is 35.3 Å². The van der Waals surface area contributed by atoms with Crippen LogP contribution in [0.15, 0.2) is 24.4 Å². The van der Waals surface area contributed by atoms with Gasteiger partial charge in [-0.1, -0.05) is 38.2 Å². The lowest BCUT2D eigenvalue weighted by Gasteiger charge is -2.26. The van der Waals surface area contributed by atoms with Gasteiger partial charge in [-0.25, -0.2) is 4.98 Å². The van der Waals surface area contributed by atoms with Crippen LogP contribution in [0.2, 0.25) is 0 Å². The number of hydrogen-bond donors (Lipinski definition) is 0. The number of aromatic nitrogens is 2. The topological polar surface area (TPSA) is 37.6 Å². The molecule has 3 aromatic rings. The highest BCUT2D eigenvalue weighted by molar-refractivity contribution is 7.18. The van der Waals surface area contributed by atoms with Crippen molar-refractivity contribution in [2.24, 2.45) is 5.41 Å². The molecule has 7 heteroatoms. The van der Waals surface area contributed by atoms with Crippen molar-refractivity contribution in [3.63, 3.8) is 0 Å². The third kappa shape index (κ3) is 3.68. The van der Waals surface area contributed by atoms with E-state index in [1.807, 2.05) is 35.8 Å². The van der Waals surface area contributed by atoms with Crippen molar-refractivity contribution in [2.75, 3.05) is 13.6 Å². The van der Waals surface area contributed by atoms with Crippen LogP contribution in [-0.2, 0) is 5.88 Å². The Kier molecular flexibility index (Phi) is 5.47. The van der Waals surface area contributed by atoms with Crippen molar-refractivity contribution in [3.8, 4) is 0 Å². The fraction of sp³-hybridized carbons (Fsp3) is 0.412. The Morgan fingerprint density at radius 3 is 2.71 bits per heavy atom. The Morgan fingerprint density at radius 2 is 2.08 bits per heavy atom. The minimum absolute atomic E-state index is 0. The van der Waals surface area contributed by atoms with Crippen LogP contribution < -0.4 is 0 Å². The van der Waals surface area contributed by atoms with E-state index >= 15 is 0 Å². The number of rotatable bonds is 3. The maximum atomic E-state index is 12.6. The maximum absolute atomic E-state index is 12.6. The van der Waals surface area contributed by atoms with Crippen molar-refractivity contribution in [2.45, 2.75) is 26.7 Å². The Morgan fingerprint density at radius 1 is 1.38 bits per heavy atom. The zero-order valence-corrected chi connectivity index (χ0v) is 16.6. The first-order chi connectivity index (χ1) is 10.8. The summed E-state index contributed by atoms with van der Waals surface area (Å²) in [6.45, 7) is 7.09. The highest BCUT2D eigenvalue weighted by Crippen LogP contribution is 2.26. The first-order valence-electron chi connectivity index (χ1n) is 7.50. The molecule has 1 amide bonds. The quantitative estimate of drug-likeness (QED) is 0.605. The molecule has 0 unspecified atom stereocenters. The number of benzene rings is 1. The molecule has 130 valence electrons. The SMILES string of the molecule is CN(CC(C)(C)C)C(=O)c1cn2c(nc3cc(CCl)ccc32)s1.Cl. The molecule has 0 saturated carbocycles. The number of imidazole rings is 1. The van der Waals surface area contributed by atoms with Crippen molar-refractivity contribution < 1.29 is 4.79 Å². The Hall–Kier alpha value is -1.30. The van der Waals surface area contributed by atoms with Gasteiger partial charge in [-0.3, -0.25) is 9.20 Å². The van der Waals surface area contributed by atoms with E-state index in [0.717, 1.165) is 21.6 Å². The Bertz CT molecular complexity index is 879. The van der Waals surface area contributed by atoms with Crippen molar-refractivity contribution in [1.82, 2.24) is 14.3 Å². The molecule has 0 aliphatic carbocycles. The van der Waals surface area contributed by atoms with Gasteiger partial charge in [-0.15, -0.1) is 24.0 Å². The third-order valence-electron chi connectivity index (χ3n) is 3.59. The zero-order chi connectivity index (χ0) is 16.8. The van der Waals surface area contributed by atoms with Gasteiger partial charge in [0.2, 0.25) is 0 Å². The van der Waals surface area contributed by atoms with E-state index < -0.39 is 0 Å². The number of fused-ring (bicyclic) bond motifs is 3. The maximum Gasteiger partial charge on any atom is 0.265 e. The lowest BCUT2D eigenvalue weighted by Crippen LogP contribution is -2.34. The van der Waals surface area contributed by atoms with Crippen LogP contribution in [0, 0.1) is 5.41 Å². The number of hydrogen-bond acceptors (Lipinski definition) is 3. The summed E-state index contributed by atoms with van der Waals surface area (Å²) >= 11 is 7.30. The summed E-state index contributed by atoms with van der Waals surface area (Å²) in [5.74, 6) is 0.517. The molecule has 0 spiro atoms. The molecule has 0 bridgehead atoms. The van der Waals surface area contributed by atoms with Gasteiger partial charge in [0.15, 0.2) is 4.96 Å². The Labute approximate surface area is 156 Å². The second kappa shape index (κ2) is 6.90. The van der Waals surface area contributed by atoms with Crippen LogP contribution in [0.3, 0.4) is 0 Å². The predicted octanol–water partition coefficient (Wildman–Crippen LogP) is 4.83. The van der Waals surface area contributed by atoms with Gasteiger partial charge in [-0.05, 0) is 23.1 Å². The molecule has 4 nitrogen and oxygen atoms in total. The van der Waals surface area contributed by atoms with E-state index in [0.29, 0.717) is 17.3 Å². The molecule has 0 aliphatic rings. The molecule has 2 aromatic heterocycles. The first kappa shape index (κ1) is 19.0. The van der Waals surface area contributed by atoms with Gasteiger partial charge in [0, 0.05) is 25.7 Å². The number of carbonyl (C=O) groups excluding carboxylic acids is 1. The summed E-state index contributed by atoms with van der Waals surface area (Å²) < 4.78 is 1.98. The highest BCUT2D eigenvalue weighted by Gasteiger charge is 2.21. The molecule has 0 N–H and O–H groups in total. The molecular formula is C17H21Cl2N3OS. The summed E-state index contributed by atoms with van der Waals surface area (Å²) in [7, 11) is 1.85. The van der Waals surface area contributed by atoms with E-state index in [4.69, 9.17) is 11.6 Å². The first-order valence-corrected chi connectivity index (χ1v) is 8.85. The second-order valence-corrected chi connectivity index (χ2v) is 8.31. The van der Waals surface area contributed by atoms with Crippen LogP contribution in [0.5, 0.6) is 0 Å². The fourth-order valence-electron chi connectivity index (χ4n) is 2.71. The number of amides is 1. The van der Waals surface area contributed by atoms with Gasteiger partial charge in [0.25, 0.3) is 5.91 Å². The normalized spacial score (nSPS) is 11.7. The van der Waals surface area contributed by atoms with E-state index in [2.05, 4.69) is 25.8 Å². The highest BCUT2D eigenvalue weighted by atomic mass is 35.5. The van der Waals surface area contributed by atoms with Crippen molar-refractivity contribution in [3.05, 3.63) is 34.8 Å². The minimum atomic E-state index is 0. The van der Waals surface area contributed by atoms with Crippen LogP contribution in [0.1, 0.15) is 36.0 Å². The van der Waals surface area contributed by atoms with E-state index in [1.165, 1.54) is 11.3 Å². The summed E-state index contributed by atoms with van der Waals surface area (Å²) in [5.41, 5.74) is 3.04. The molecule has 0 saturated heterocycles. The predicted molar refractivity (Wildman–Crippen MR) is 104 cm³/mol. The molecule has 3 rings (SSSR count). The van der Waals surface area contributed by atoms with Crippen LogP contribution in [0.4, 0.5) is 0 Å². The molecular weight excluding hydrogens is 365 g/mol. The summed E-state index contributed by atoms with van der Waals surface area (Å²) in [5, 5.41) is 0. The number of thiazole rings is 1. The molecule has 1 aromatic carbocycles. The minimum Gasteiger partial charge on any atom is -0.340 e. The monoisotopic (exact) mass is 385 g/mol. The summed E-state index contributed by atoms with van der Waals surface area (Å²) in [6.07, 6.45) is 1.89. The smallest absolute Gasteiger partial charge is 0.265 e. The number of halogens is 2. The van der Waals surface area contributed by atoms with E-state index in [-0.39, 0.29) is 23.7 Å². The van der Waals surface area contributed by atoms with Gasteiger partial charge >= 0.3 is 0 Å². The standard InChI is InChI=1S/C17H20ClN3OS.ClH/c1-17(2,3)10-20(4)15(22)14-9-21-13-6-5-11(8-18)7-12(13)19-16(21)23-14;/h5-7,9H,8,10H2,1-4H3;1H. The molecule has 0 aliphatic heterocycles. The lowest BCUT2D eigenvalue weighted by atomic mass is 9.96. The number of carbonyl (C=O) groups is 1. The van der Waals surface area contributed by atoms with E-state index in [9.17, 15) is 4.79 Å². The van der Waals surface area contributed by atoms with Gasteiger partial charge in [-0.2, -0.15) is 0 Å². The Balaban J connectivity index is 0.00000208. The average Bonchev–Trinajstić information content (AvgIpc) is 3.01. The van der Waals surface area contributed by atoms with Gasteiger partial charge in [0.1, 0.15) is 4.88 Å². The third-order valence-corrected chi connectivity index (χ3v) is 4.87. The molecule has 24 heavy (non-hydrogen) atoms. The number of nitrogens with zero attached hydrogens (tertiary/aromatic N) is 3. The summed E-state index contributed by atoms with van der Waals surface area (Å²) in [4.78, 5) is 20.5. The lowest BCUT2D eigenvalue weighted by molar-refractivity contribution is 0.0750. The zero-order valence-electron chi connectivity index (χ0n) is 14.2. The fourth-order valence-corrected chi connectivity index (χ4v) is 3.87. The van der Waals surface area contributed by atoms with Gasteiger partial charge in [0.05, 0.1) is 11.0 Å².